The van der Waals surface area contributed by atoms with E-state index in [2.05, 4.69) is 11.6 Å². The number of amides is 1. The molecule has 0 aliphatic carbocycles. The standard InChI is InChI=1S/C16H13NO2S.Mn/c1-19-15-9-5-8-14(10-15)16(18)17(12-20)11-13-6-3-2-4-7-13;/h2-7,9-10H,11H2,1H3;/q-2;+2. The maximum atomic E-state index is 12.4. The Balaban J connectivity index is 0.00000220. The van der Waals surface area contributed by atoms with Crippen LogP contribution in [0.25, 0.3) is 0 Å². The fraction of sp³-hybridized carbons (Fsp3) is 0.125. The first-order chi connectivity index (χ1) is 9.74. The molecule has 1 amide bonds. The third kappa shape index (κ3) is 4.67. The zero-order chi connectivity index (χ0) is 14.4. The van der Waals surface area contributed by atoms with Crippen molar-refractivity contribution in [1.29, 1.82) is 0 Å². The Kier molecular flexibility index (Phi) is 7.09. The van der Waals surface area contributed by atoms with Crippen LogP contribution in [-0.4, -0.2) is 23.4 Å². The number of nitrogens with zero attached hydrogens (tertiary/aromatic N) is 1. The van der Waals surface area contributed by atoms with Gasteiger partial charge in [0.05, 0.1) is 13.0 Å². The monoisotopic (exact) mass is 338 g/mol. The summed E-state index contributed by atoms with van der Waals surface area (Å²) in [7, 11) is 1.55. The predicted octanol–water partition coefficient (Wildman–Crippen LogP) is 2.97. The molecule has 0 saturated carbocycles. The first-order valence-corrected chi connectivity index (χ1v) is 6.44. The van der Waals surface area contributed by atoms with Crippen LogP contribution in [0.2, 0.25) is 0 Å². The summed E-state index contributed by atoms with van der Waals surface area (Å²) >= 11 is 4.82. The van der Waals surface area contributed by atoms with Crippen LogP contribution < -0.4 is 4.74 Å². The third-order valence-corrected chi connectivity index (χ3v) is 3.00. The van der Waals surface area contributed by atoms with Crippen molar-refractivity contribution in [3.63, 3.8) is 0 Å². The number of carbonyl (C=O) groups excluding carboxylic acids is 1. The average molecular weight is 338 g/mol. The van der Waals surface area contributed by atoms with E-state index < -0.39 is 0 Å². The molecule has 0 atom stereocenters. The summed E-state index contributed by atoms with van der Waals surface area (Å²) in [5, 5.41) is 0. The predicted molar refractivity (Wildman–Crippen MR) is 80.7 cm³/mol. The molecule has 1 radical (unpaired) electrons. The summed E-state index contributed by atoms with van der Waals surface area (Å²) in [5.74, 6) is 0.360. The van der Waals surface area contributed by atoms with Gasteiger partial charge in [0, 0.05) is 12.3 Å². The van der Waals surface area contributed by atoms with Gasteiger partial charge in [0.2, 0.25) is 0 Å². The Hall–Kier alpha value is -1.68. The second kappa shape index (κ2) is 8.57. The second-order valence-corrected chi connectivity index (χ2v) is 4.29. The van der Waals surface area contributed by atoms with Gasteiger partial charge in [-0.2, -0.15) is 0 Å². The van der Waals surface area contributed by atoms with E-state index in [0.717, 1.165) is 5.56 Å². The van der Waals surface area contributed by atoms with E-state index in [1.54, 1.807) is 25.3 Å². The smallest absolute Gasteiger partial charge is 0.516 e. The Morgan fingerprint density at radius 1 is 1.33 bits per heavy atom. The van der Waals surface area contributed by atoms with E-state index in [-0.39, 0.29) is 23.0 Å². The SMILES string of the molecule is COc1cc[c-]c(C(=O)N([C-]=S)Cc2ccccc2)c1.[Mn+2]. The van der Waals surface area contributed by atoms with Gasteiger partial charge in [0.15, 0.2) is 0 Å². The molecular formula is C16H13MnNO2S. The van der Waals surface area contributed by atoms with Crippen LogP contribution in [0.15, 0.2) is 48.5 Å². The molecule has 0 aromatic heterocycles. The van der Waals surface area contributed by atoms with Gasteiger partial charge >= 0.3 is 17.1 Å². The molecule has 0 aliphatic heterocycles. The largest absolute Gasteiger partial charge is 2.00 e. The molecule has 0 aliphatic rings. The minimum absolute atomic E-state index is 0. The number of thiocarbonyl (C=S) groups is 1. The van der Waals surface area contributed by atoms with Gasteiger partial charge in [0.1, 0.15) is 0 Å². The van der Waals surface area contributed by atoms with Crippen LogP contribution in [0.4, 0.5) is 0 Å². The fourth-order valence-electron chi connectivity index (χ4n) is 1.75. The third-order valence-electron chi connectivity index (χ3n) is 2.78. The molecule has 2 rings (SSSR count). The normalized spacial score (nSPS) is 9.38. The van der Waals surface area contributed by atoms with Crippen molar-refractivity contribution in [3.05, 3.63) is 65.7 Å². The molecule has 2 aromatic rings. The van der Waals surface area contributed by atoms with E-state index in [1.165, 1.54) is 4.90 Å². The maximum absolute atomic E-state index is 12.4. The number of benzene rings is 2. The van der Waals surface area contributed by atoms with Crippen molar-refractivity contribution in [2.24, 2.45) is 0 Å². The molecule has 0 N–H and O–H groups in total. The Labute approximate surface area is 140 Å². The van der Waals surface area contributed by atoms with Crippen LogP contribution in [-0.2, 0) is 23.6 Å². The van der Waals surface area contributed by atoms with E-state index in [1.807, 2.05) is 30.3 Å². The molecule has 5 heteroatoms. The molecule has 107 valence electrons. The van der Waals surface area contributed by atoms with E-state index in [9.17, 15) is 4.79 Å². The van der Waals surface area contributed by atoms with E-state index in [4.69, 9.17) is 17.0 Å². The number of ether oxygens (including phenoxy) is 1. The number of methoxy groups -OCH3 is 1. The first-order valence-electron chi connectivity index (χ1n) is 6.04. The number of hydrogen-bond donors (Lipinski definition) is 0. The summed E-state index contributed by atoms with van der Waals surface area (Å²) in [5.41, 5.74) is 3.88. The van der Waals surface area contributed by atoms with Gasteiger partial charge in [-0.1, -0.05) is 35.8 Å². The van der Waals surface area contributed by atoms with Gasteiger partial charge in [0.25, 0.3) is 0 Å². The summed E-state index contributed by atoms with van der Waals surface area (Å²) in [4.78, 5) is 13.7. The summed E-state index contributed by atoms with van der Waals surface area (Å²) < 4.78 is 5.10. The summed E-state index contributed by atoms with van der Waals surface area (Å²) in [6.45, 7) is 0.383. The second-order valence-electron chi connectivity index (χ2n) is 4.11. The van der Waals surface area contributed by atoms with Crippen molar-refractivity contribution in [1.82, 2.24) is 4.90 Å². The molecule has 2 aromatic carbocycles. The van der Waals surface area contributed by atoms with E-state index in [0.29, 0.717) is 17.9 Å². The summed E-state index contributed by atoms with van der Waals surface area (Å²) in [6.07, 6.45) is 0. The van der Waals surface area contributed by atoms with Gasteiger partial charge in [-0.25, -0.2) is 12.2 Å². The molecule has 3 nitrogen and oxygen atoms in total. The van der Waals surface area contributed by atoms with Crippen LogP contribution in [0.3, 0.4) is 0 Å². The van der Waals surface area contributed by atoms with Crippen molar-refractivity contribution in [2.45, 2.75) is 6.54 Å². The van der Waals surface area contributed by atoms with Crippen LogP contribution in [0.5, 0.6) is 5.75 Å². The van der Waals surface area contributed by atoms with Crippen LogP contribution >= 0.6 is 12.2 Å². The first kappa shape index (κ1) is 17.4. The molecule has 0 saturated heterocycles. The zero-order valence-corrected chi connectivity index (χ0v) is 13.4. The Bertz CT molecular complexity index is 604. The van der Waals surface area contributed by atoms with Crippen LogP contribution in [0, 0.1) is 6.07 Å². The van der Waals surface area contributed by atoms with E-state index >= 15 is 0 Å². The zero-order valence-electron chi connectivity index (χ0n) is 11.4. The molecule has 0 unspecified atom stereocenters. The molecule has 0 fully saturated rings. The van der Waals surface area contributed by atoms with Gasteiger partial charge < -0.3 is 14.4 Å². The van der Waals surface area contributed by atoms with Crippen molar-refractivity contribution in [3.8, 4) is 5.75 Å². The average Bonchev–Trinajstić information content (AvgIpc) is 2.53. The van der Waals surface area contributed by atoms with Crippen molar-refractivity contribution < 1.29 is 26.6 Å². The van der Waals surface area contributed by atoms with Crippen molar-refractivity contribution >= 4 is 23.6 Å². The van der Waals surface area contributed by atoms with Gasteiger partial charge in [-0.05, 0) is 5.56 Å². The minimum Gasteiger partial charge on any atom is -0.516 e. The maximum Gasteiger partial charge on any atom is 2.00 e. The number of carbonyl (C=O) groups is 1. The van der Waals surface area contributed by atoms with Crippen molar-refractivity contribution in [2.75, 3.05) is 7.11 Å². The number of hydrogen-bond acceptors (Lipinski definition) is 3. The summed E-state index contributed by atoms with van der Waals surface area (Å²) in [6, 6.07) is 17.5. The fourth-order valence-corrected chi connectivity index (χ4v) is 1.90. The molecular weight excluding hydrogens is 325 g/mol. The minimum atomic E-state index is -0.247. The molecule has 21 heavy (non-hydrogen) atoms. The Morgan fingerprint density at radius 2 is 2.05 bits per heavy atom. The quantitative estimate of drug-likeness (QED) is 0.363. The molecule has 0 bridgehead atoms. The topological polar surface area (TPSA) is 29.5 Å². The molecule has 0 heterocycles. The number of rotatable bonds is 5. The molecule has 0 spiro atoms. The Morgan fingerprint density at radius 3 is 2.67 bits per heavy atom. The van der Waals surface area contributed by atoms with Gasteiger partial charge in [-0.3, -0.25) is 0 Å². The van der Waals surface area contributed by atoms with Crippen LogP contribution in [0.1, 0.15) is 15.9 Å². The van der Waals surface area contributed by atoms with Gasteiger partial charge in [-0.15, -0.1) is 29.8 Å².